The van der Waals surface area contributed by atoms with Gasteiger partial charge in [-0.15, -0.1) is 18.2 Å². The summed E-state index contributed by atoms with van der Waals surface area (Å²) in [4.78, 5) is 11.7. The number of allylic oxidation sites excluding steroid dienone is 2. The summed E-state index contributed by atoms with van der Waals surface area (Å²) in [5.74, 6) is 0.379. The van der Waals surface area contributed by atoms with Crippen molar-refractivity contribution < 1.29 is 9.90 Å². The molecule has 2 atom stereocenters. The monoisotopic (exact) mass is 298 g/mol. The Balaban J connectivity index is 2.26. The second kappa shape index (κ2) is 9.36. The van der Waals surface area contributed by atoms with Gasteiger partial charge in [0.1, 0.15) is 0 Å². The number of hydrogen-bond acceptors (Lipinski definition) is 2. The summed E-state index contributed by atoms with van der Waals surface area (Å²) >= 11 is 6.12. The molecule has 1 N–H and O–H groups in total. The quantitative estimate of drug-likeness (QED) is 0.409. The van der Waals surface area contributed by atoms with Crippen LogP contribution in [0.4, 0.5) is 0 Å². The molecule has 1 aliphatic rings. The molecule has 2 nitrogen and oxygen atoms in total. The van der Waals surface area contributed by atoms with E-state index in [4.69, 9.17) is 11.6 Å². The first kappa shape index (κ1) is 17.5. The predicted octanol–water partition coefficient (Wildman–Crippen LogP) is 4.41. The van der Waals surface area contributed by atoms with Gasteiger partial charge in [-0.25, -0.2) is 0 Å². The van der Waals surface area contributed by atoms with Crippen molar-refractivity contribution in [3.05, 3.63) is 24.3 Å². The van der Waals surface area contributed by atoms with E-state index in [-0.39, 0.29) is 11.2 Å². The summed E-state index contributed by atoms with van der Waals surface area (Å²) in [6.07, 6.45) is 10.4. The zero-order chi connectivity index (χ0) is 15.0. The fraction of sp³-hybridized carbons (Fsp3) is 0.706. The summed E-state index contributed by atoms with van der Waals surface area (Å²) in [5.41, 5.74) is 1.04. The van der Waals surface area contributed by atoms with Gasteiger partial charge >= 0.3 is 0 Å². The Kier molecular flexibility index (Phi) is 8.16. The maximum atomic E-state index is 11.7. The van der Waals surface area contributed by atoms with Crippen LogP contribution in [0, 0.1) is 5.92 Å². The first-order chi connectivity index (χ1) is 9.49. The number of rotatable bonds is 8. The molecule has 0 aromatic rings. The lowest BCUT2D eigenvalue weighted by Gasteiger charge is -2.24. The van der Waals surface area contributed by atoms with E-state index >= 15 is 0 Å². The second-order valence-electron chi connectivity index (χ2n) is 6.01. The van der Waals surface area contributed by atoms with Crippen molar-refractivity contribution in [2.24, 2.45) is 5.92 Å². The van der Waals surface area contributed by atoms with E-state index in [0.29, 0.717) is 18.8 Å². The standard InChI is InChI=1S/C17H27ClO2/c1-13(2)12-15(18)8-9-16(19)10-11-17(20)14-6-4-3-5-7-14/h10-11,14-15,17,20H,1,3-9,12H2,2H3/b11-10+. The van der Waals surface area contributed by atoms with Crippen molar-refractivity contribution in [3.63, 3.8) is 0 Å². The fourth-order valence-electron chi connectivity index (χ4n) is 2.70. The largest absolute Gasteiger partial charge is 0.389 e. The molecular formula is C17H27ClO2. The van der Waals surface area contributed by atoms with E-state index in [1.807, 2.05) is 6.92 Å². The van der Waals surface area contributed by atoms with Gasteiger partial charge in [0.15, 0.2) is 5.78 Å². The third-order valence-corrected chi connectivity index (χ3v) is 4.26. The van der Waals surface area contributed by atoms with E-state index in [2.05, 4.69) is 6.58 Å². The number of halogens is 1. The average molecular weight is 299 g/mol. The molecule has 0 saturated heterocycles. The van der Waals surface area contributed by atoms with Crippen molar-refractivity contribution in [3.8, 4) is 0 Å². The maximum Gasteiger partial charge on any atom is 0.155 e. The van der Waals surface area contributed by atoms with Crippen molar-refractivity contribution in [2.45, 2.75) is 69.8 Å². The molecule has 0 spiro atoms. The Bertz CT molecular complexity index is 343. The number of hydrogen-bond donors (Lipinski definition) is 1. The van der Waals surface area contributed by atoms with E-state index < -0.39 is 6.10 Å². The minimum absolute atomic E-state index is 0.0203. The SMILES string of the molecule is C=C(C)CC(Cl)CCC(=O)/C=C/C(O)C1CCCCC1. The lowest BCUT2D eigenvalue weighted by molar-refractivity contribution is -0.114. The highest BCUT2D eigenvalue weighted by Crippen LogP contribution is 2.27. The molecule has 0 bridgehead atoms. The highest BCUT2D eigenvalue weighted by Gasteiger charge is 2.19. The average Bonchev–Trinajstić information content (AvgIpc) is 2.42. The first-order valence-corrected chi connectivity index (χ1v) is 8.10. The van der Waals surface area contributed by atoms with Crippen LogP contribution in [0.2, 0.25) is 0 Å². The predicted molar refractivity (Wildman–Crippen MR) is 85.0 cm³/mol. The van der Waals surface area contributed by atoms with Crippen LogP contribution in [0.3, 0.4) is 0 Å². The summed E-state index contributed by atoms with van der Waals surface area (Å²) < 4.78 is 0. The highest BCUT2D eigenvalue weighted by molar-refractivity contribution is 6.20. The molecule has 0 heterocycles. The highest BCUT2D eigenvalue weighted by atomic mass is 35.5. The van der Waals surface area contributed by atoms with Crippen LogP contribution in [-0.2, 0) is 4.79 Å². The third kappa shape index (κ3) is 7.25. The number of carbonyl (C=O) groups excluding carboxylic acids is 1. The molecular weight excluding hydrogens is 272 g/mol. The van der Waals surface area contributed by atoms with Crippen molar-refractivity contribution in [1.82, 2.24) is 0 Å². The Morgan fingerprint density at radius 1 is 1.40 bits per heavy atom. The van der Waals surface area contributed by atoms with Gasteiger partial charge in [-0.1, -0.05) is 30.9 Å². The maximum absolute atomic E-state index is 11.7. The van der Waals surface area contributed by atoms with Gasteiger partial charge in [-0.2, -0.15) is 0 Å². The zero-order valence-electron chi connectivity index (χ0n) is 12.5. The van der Waals surface area contributed by atoms with Crippen LogP contribution in [0.5, 0.6) is 0 Å². The molecule has 1 fully saturated rings. The Labute approximate surface area is 127 Å². The minimum atomic E-state index is -0.471. The van der Waals surface area contributed by atoms with Crippen LogP contribution >= 0.6 is 11.6 Å². The molecule has 0 aliphatic heterocycles. The van der Waals surface area contributed by atoms with Crippen molar-refractivity contribution in [1.29, 1.82) is 0 Å². The smallest absolute Gasteiger partial charge is 0.155 e. The van der Waals surface area contributed by atoms with Gasteiger partial charge in [-0.05, 0) is 44.6 Å². The van der Waals surface area contributed by atoms with Crippen LogP contribution in [-0.4, -0.2) is 22.4 Å². The second-order valence-corrected chi connectivity index (χ2v) is 6.63. The number of aliphatic hydroxyl groups excluding tert-OH is 1. The summed E-state index contributed by atoms with van der Waals surface area (Å²) in [6.45, 7) is 5.76. The molecule has 2 unspecified atom stereocenters. The third-order valence-electron chi connectivity index (χ3n) is 3.89. The van der Waals surface area contributed by atoms with Crippen LogP contribution in [0.25, 0.3) is 0 Å². The lowest BCUT2D eigenvalue weighted by Crippen LogP contribution is -2.20. The number of alkyl halides is 1. The Morgan fingerprint density at radius 2 is 2.05 bits per heavy atom. The first-order valence-electron chi connectivity index (χ1n) is 7.66. The number of carbonyl (C=O) groups is 1. The van der Waals surface area contributed by atoms with Crippen molar-refractivity contribution in [2.75, 3.05) is 0 Å². The van der Waals surface area contributed by atoms with Crippen LogP contribution in [0.1, 0.15) is 58.3 Å². The van der Waals surface area contributed by atoms with Gasteiger partial charge in [0.05, 0.1) is 6.10 Å². The molecule has 0 aromatic heterocycles. The summed E-state index contributed by atoms with van der Waals surface area (Å²) in [6, 6.07) is 0. The van der Waals surface area contributed by atoms with E-state index in [9.17, 15) is 9.90 Å². The van der Waals surface area contributed by atoms with Gasteiger partial charge in [0.25, 0.3) is 0 Å². The molecule has 1 saturated carbocycles. The molecule has 0 amide bonds. The van der Waals surface area contributed by atoms with Gasteiger partial charge < -0.3 is 5.11 Å². The van der Waals surface area contributed by atoms with Crippen LogP contribution in [0.15, 0.2) is 24.3 Å². The number of ketones is 1. The molecule has 114 valence electrons. The molecule has 20 heavy (non-hydrogen) atoms. The molecule has 1 aliphatic carbocycles. The zero-order valence-corrected chi connectivity index (χ0v) is 13.2. The normalized spacial score (nSPS) is 19.9. The van der Waals surface area contributed by atoms with Gasteiger partial charge in [-0.3, -0.25) is 4.79 Å². The van der Waals surface area contributed by atoms with Gasteiger partial charge in [0, 0.05) is 11.8 Å². The summed E-state index contributed by atoms with van der Waals surface area (Å²) in [7, 11) is 0. The molecule has 1 rings (SSSR count). The van der Waals surface area contributed by atoms with Gasteiger partial charge in [0.2, 0.25) is 0 Å². The van der Waals surface area contributed by atoms with Crippen molar-refractivity contribution >= 4 is 17.4 Å². The van der Waals surface area contributed by atoms with E-state index in [0.717, 1.165) is 24.8 Å². The lowest BCUT2D eigenvalue weighted by atomic mass is 9.85. The summed E-state index contributed by atoms with van der Waals surface area (Å²) in [5, 5.41) is 10.0. The number of aliphatic hydroxyl groups is 1. The molecule has 0 aromatic carbocycles. The molecule has 3 heteroatoms. The minimum Gasteiger partial charge on any atom is -0.389 e. The van der Waals surface area contributed by atoms with E-state index in [1.165, 1.54) is 25.3 Å². The van der Waals surface area contributed by atoms with E-state index in [1.54, 1.807) is 6.08 Å². The van der Waals surface area contributed by atoms with Crippen LogP contribution < -0.4 is 0 Å². The Hall–Kier alpha value is -0.600. The fourth-order valence-corrected chi connectivity index (χ4v) is 3.07. The Morgan fingerprint density at radius 3 is 2.65 bits per heavy atom. The molecule has 0 radical (unpaired) electrons. The topological polar surface area (TPSA) is 37.3 Å².